The van der Waals surface area contributed by atoms with Gasteiger partial charge in [-0.25, -0.2) is 4.79 Å². The molecule has 5 nitrogen and oxygen atoms in total. The minimum absolute atomic E-state index is 0.108. The largest absolute Gasteiger partial charge is 0.478 e. The van der Waals surface area contributed by atoms with Crippen molar-refractivity contribution in [1.29, 1.82) is 0 Å². The summed E-state index contributed by atoms with van der Waals surface area (Å²) in [7, 11) is 0. The van der Waals surface area contributed by atoms with Crippen LogP contribution in [0.5, 0.6) is 0 Å². The number of rotatable bonds is 5. The molecule has 0 radical (unpaired) electrons. The van der Waals surface area contributed by atoms with Crippen molar-refractivity contribution in [3.63, 3.8) is 0 Å². The number of carboxylic acids is 1. The monoisotopic (exact) mass is 255 g/mol. The minimum Gasteiger partial charge on any atom is -0.478 e. The van der Waals surface area contributed by atoms with Gasteiger partial charge in [-0.05, 0) is 6.07 Å². The molecule has 17 heavy (non-hydrogen) atoms. The molecule has 0 fully saturated rings. The molecule has 6 heteroatoms. The molecule has 0 aromatic heterocycles. The Morgan fingerprint density at radius 2 is 2.06 bits per heavy atom. The van der Waals surface area contributed by atoms with E-state index in [4.69, 9.17) is 15.6 Å². The molecule has 1 atom stereocenters. The number of carbonyl (C=O) groups excluding carboxylic acids is 1. The zero-order chi connectivity index (χ0) is 12.8. The maximum absolute atomic E-state index is 11.3. The van der Waals surface area contributed by atoms with Gasteiger partial charge in [0.05, 0.1) is 5.56 Å². The predicted molar refractivity (Wildman–Crippen MR) is 65.0 cm³/mol. The number of hydrogen-bond donors (Lipinski definition) is 3. The van der Waals surface area contributed by atoms with Crippen LogP contribution in [0.25, 0.3) is 0 Å². The van der Waals surface area contributed by atoms with Gasteiger partial charge in [-0.15, -0.1) is 0 Å². The number of carbonyl (C=O) groups is 2. The summed E-state index contributed by atoms with van der Waals surface area (Å²) < 4.78 is 4.90. The zero-order valence-corrected chi connectivity index (χ0v) is 9.89. The summed E-state index contributed by atoms with van der Waals surface area (Å²) in [5, 5.41) is 8.91. The van der Waals surface area contributed by atoms with Crippen LogP contribution in [0.4, 0.5) is 0 Å². The van der Waals surface area contributed by atoms with Gasteiger partial charge >= 0.3 is 11.9 Å². The molecule has 0 unspecified atom stereocenters. The predicted octanol–water partition coefficient (Wildman–Crippen LogP) is 0.685. The quantitative estimate of drug-likeness (QED) is 0.532. The number of aromatic carboxylic acids is 1. The molecular formula is C11H13NO4S. The average Bonchev–Trinajstić information content (AvgIpc) is 2.35. The third-order valence-electron chi connectivity index (χ3n) is 2.12. The lowest BCUT2D eigenvalue weighted by molar-refractivity contribution is -0.145. The first-order valence-corrected chi connectivity index (χ1v) is 5.53. The summed E-state index contributed by atoms with van der Waals surface area (Å²) in [5.74, 6) is -1.48. The SMILES string of the molecule is N[C@@H](CS)C(=O)OCc1ccccc1C(=O)O. The number of esters is 1. The van der Waals surface area contributed by atoms with E-state index < -0.39 is 18.0 Å². The van der Waals surface area contributed by atoms with E-state index in [2.05, 4.69) is 12.6 Å². The van der Waals surface area contributed by atoms with Crippen molar-refractivity contribution < 1.29 is 19.4 Å². The van der Waals surface area contributed by atoms with Crippen LogP contribution in [0.1, 0.15) is 15.9 Å². The summed E-state index contributed by atoms with van der Waals surface area (Å²) in [6, 6.07) is 5.52. The molecule has 0 bridgehead atoms. The Bertz CT molecular complexity index is 422. The second-order valence-corrected chi connectivity index (χ2v) is 3.72. The van der Waals surface area contributed by atoms with Gasteiger partial charge in [0.2, 0.25) is 0 Å². The molecule has 0 saturated carbocycles. The topological polar surface area (TPSA) is 89.6 Å². The summed E-state index contributed by atoms with van der Waals surface area (Å²) in [4.78, 5) is 22.2. The van der Waals surface area contributed by atoms with Gasteiger partial charge in [0.15, 0.2) is 0 Å². The van der Waals surface area contributed by atoms with Crippen LogP contribution in [0.2, 0.25) is 0 Å². The van der Waals surface area contributed by atoms with Gasteiger partial charge in [0, 0.05) is 11.3 Å². The average molecular weight is 255 g/mol. The lowest BCUT2D eigenvalue weighted by Gasteiger charge is -2.10. The van der Waals surface area contributed by atoms with Crippen LogP contribution >= 0.6 is 12.6 Å². The molecule has 3 N–H and O–H groups in total. The summed E-state index contributed by atoms with van der Waals surface area (Å²) >= 11 is 3.87. The van der Waals surface area contributed by atoms with Crippen LogP contribution in [-0.2, 0) is 16.1 Å². The third-order valence-corrected chi connectivity index (χ3v) is 2.51. The van der Waals surface area contributed by atoms with Crippen molar-refractivity contribution in [1.82, 2.24) is 0 Å². The highest BCUT2D eigenvalue weighted by Gasteiger charge is 2.15. The van der Waals surface area contributed by atoms with Crippen molar-refractivity contribution in [2.45, 2.75) is 12.6 Å². The Morgan fingerprint density at radius 3 is 2.65 bits per heavy atom. The highest BCUT2D eigenvalue weighted by Crippen LogP contribution is 2.10. The molecule has 0 amide bonds. The maximum Gasteiger partial charge on any atom is 0.336 e. The van der Waals surface area contributed by atoms with Gasteiger partial charge in [-0.1, -0.05) is 18.2 Å². The molecule has 1 rings (SSSR count). The molecule has 0 saturated heterocycles. The molecule has 92 valence electrons. The van der Waals surface area contributed by atoms with E-state index in [1.165, 1.54) is 6.07 Å². The maximum atomic E-state index is 11.3. The Balaban J connectivity index is 2.69. The first kappa shape index (κ1) is 13.5. The molecular weight excluding hydrogens is 242 g/mol. The van der Waals surface area contributed by atoms with Crippen LogP contribution in [0.15, 0.2) is 24.3 Å². The van der Waals surface area contributed by atoms with Gasteiger partial charge in [-0.3, -0.25) is 4.79 Å². The van der Waals surface area contributed by atoms with E-state index in [9.17, 15) is 9.59 Å². The molecule has 0 aliphatic rings. The number of carboxylic acid groups (broad SMARTS) is 1. The lowest BCUT2D eigenvalue weighted by Crippen LogP contribution is -2.33. The Kier molecular flexibility index (Phi) is 4.99. The van der Waals surface area contributed by atoms with Crippen LogP contribution in [-0.4, -0.2) is 28.8 Å². The molecule has 1 aromatic carbocycles. The highest BCUT2D eigenvalue weighted by atomic mass is 32.1. The van der Waals surface area contributed by atoms with E-state index in [0.29, 0.717) is 5.56 Å². The number of thiol groups is 1. The number of nitrogens with two attached hydrogens (primary N) is 1. The fourth-order valence-electron chi connectivity index (χ4n) is 1.19. The van der Waals surface area contributed by atoms with Crippen molar-refractivity contribution in [3.8, 4) is 0 Å². The fourth-order valence-corrected chi connectivity index (χ4v) is 1.33. The van der Waals surface area contributed by atoms with Crippen LogP contribution < -0.4 is 5.73 Å². The summed E-state index contributed by atoms with van der Waals surface area (Å²) in [5.41, 5.74) is 5.95. The Labute approximate surface area is 104 Å². The summed E-state index contributed by atoms with van der Waals surface area (Å²) in [6.45, 7) is -0.108. The Morgan fingerprint density at radius 1 is 1.41 bits per heavy atom. The number of ether oxygens (including phenoxy) is 1. The van der Waals surface area contributed by atoms with Crippen LogP contribution in [0.3, 0.4) is 0 Å². The lowest BCUT2D eigenvalue weighted by atomic mass is 10.1. The van der Waals surface area contributed by atoms with Crippen molar-refractivity contribution in [3.05, 3.63) is 35.4 Å². The first-order chi connectivity index (χ1) is 8.06. The molecule has 0 heterocycles. The number of benzene rings is 1. The standard InChI is InChI=1S/C11H13NO4S/c12-9(6-17)11(15)16-5-7-3-1-2-4-8(7)10(13)14/h1-4,9,17H,5-6,12H2,(H,13,14)/t9-/m0/s1. The van der Waals surface area contributed by atoms with Gasteiger partial charge in [0.1, 0.15) is 12.6 Å². The normalized spacial score (nSPS) is 11.9. The molecule has 0 spiro atoms. The molecule has 1 aromatic rings. The zero-order valence-electron chi connectivity index (χ0n) is 9.00. The van der Waals surface area contributed by atoms with E-state index in [-0.39, 0.29) is 17.9 Å². The Hall–Kier alpha value is -1.53. The second kappa shape index (κ2) is 6.27. The van der Waals surface area contributed by atoms with E-state index in [1.807, 2.05) is 0 Å². The fraction of sp³-hybridized carbons (Fsp3) is 0.273. The minimum atomic E-state index is -1.06. The third kappa shape index (κ3) is 3.76. The van der Waals surface area contributed by atoms with E-state index in [0.717, 1.165) is 0 Å². The van der Waals surface area contributed by atoms with Crippen LogP contribution in [0, 0.1) is 0 Å². The summed E-state index contributed by atoms with van der Waals surface area (Å²) in [6.07, 6.45) is 0. The van der Waals surface area contributed by atoms with E-state index in [1.54, 1.807) is 18.2 Å². The number of hydrogen-bond acceptors (Lipinski definition) is 5. The van der Waals surface area contributed by atoms with Gasteiger partial charge < -0.3 is 15.6 Å². The van der Waals surface area contributed by atoms with Crippen molar-refractivity contribution >= 4 is 24.6 Å². The van der Waals surface area contributed by atoms with Crippen molar-refractivity contribution in [2.24, 2.45) is 5.73 Å². The van der Waals surface area contributed by atoms with Gasteiger partial charge in [-0.2, -0.15) is 12.6 Å². The molecule has 0 aliphatic heterocycles. The van der Waals surface area contributed by atoms with Crippen molar-refractivity contribution in [2.75, 3.05) is 5.75 Å². The second-order valence-electron chi connectivity index (χ2n) is 3.36. The molecule has 0 aliphatic carbocycles. The van der Waals surface area contributed by atoms with E-state index >= 15 is 0 Å². The first-order valence-electron chi connectivity index (χ1n) is 4.90. The highest BCUT2D eigenvalue weighted by molar-refractivity contribution is 7.80. The van der Waals surface area contributed by atoms with Gasteiger partial charge in [0.25, 0.3) is 0 Å². The smallest absolute Gasteiger partial charge is 0.336 e.